The number of nitrogens with zero attached hydrogens (tertiary/aromatic N) is 1. The normalized spacial score (nSPS) is 10.8. The Labute approximate surface area is 163 Å². The monoisotopic (exact) mass is 384 g/mol. The first-order valence-electron chi connectivity index (χ1n) is 8.18. The molecule has 0 aromatic heterocycles. The average Bonchev–Trinajstić information content (AvgIpc) is 2.66. The summed E-state index contributed by atoms with van der Waals surface area (Å²) in [5.74, 6) is 0.724. The number of hydrogen-bond acceptors (Lipinski definition) is 3. The first kappa shape index (κ1) is 18.3. The van der Waals surface area contributed by atoms with Gasteiger partial charge in [-0.2, -0.15) is 5.10 Å². The van der Waals surface area contributed by atoms with Crippen molar-refractivity contribution in [3.63, 3.8) is 0 Å². The first-order chi connectivity index (χ1) is 12.7. The molecule has 0 bridgehead atoms. The van der Waals surface area contributed by atoms with E-state index in [2.05, 4.69) is 10.5 Å². The van der Waals surface area contributed by atoms with Gasteiger partial charge in [0.1, 0.15) is 12.4 Å². The van der Waals surface area contributed by atoms with Gasteiger partial charge in [0.05, 0.1) is 12.8 Å². The molecule has 0 radical (unpaired) electrons. The Bertz CT molecular complexity index is 882. The molecule has 0 saturated heterocycles. The quantitative estimate of drug-likeness (QED) is 0.418. The second kappa shape index (κ2) is 9.27. The fourth-order valence-electron chi connectivity index (χ4n) is 2.37. The van der Waals surface area contributed by atoms with Crippen LogP contribution in [-0.2, 0) is 13.2 Å². The van der Waals surface area contributed by atoms with Crippen LogP contribution in [0.5, 0.6) is 5.75 Å². The highest BCUT2D eigenvalue weighted by Gasteiger charge is 2.04. The van der Waals surface area contributed by atoms with Crippen molar-refractivity contribution in [2.45, 2.75) is 13.2 Å². The zero-order chi connectivity index (χ0) is 18.2. The van der Waals surface area contributed by atoms with Crippen LogP contribution in [0.1, 0.15) is 16.7 Å². The number of hydrazone groups is 1. The Morgan fingerprint density at radius 2 is 1.69 bits per heavy atom. The molecule has 0 spiro atoms. The molecule has 0 saturated carbocycles. The largest absolute Gasteiger partial charge is 0.488 e. The van der Waals surface area contributed by atoms with Crippen molar-refractivity contribution in [3.05, 3.63) is 99.5 Å². The minimum atomic E-state index is 0.483. The van der Waals surface area contributed by atoms with E-state index in [-0.39, 0.29) is 0 Å². The topological polar surface area (TPSA) is 33.6 Å². The number of rotatable bonds is 7. The minimum Gasteiger partial charge on any atom is -0.488 e. The average molecular weight is 385 g/mol. The predicted octanol–water partition coefficient (Wildman–Crippen LogP) is 5.70. The molecular weight excluding hydrogens is 367 g/mol. The maximum atomic E-state index is 6.14. The van der Waals surface area contributed by atoms with Gasteiger partial charge in [-0.25, -0.2) is 0 Å². The molecule has 3 aromatic rings. The van der Waals surface area contributed by atoms with Gasteiger partial charge in [-0.3, -0.25) is 0 Å². The van der Waals surface area contributed by atoms with Crippen molar-refractivity contribution in [1.82, 2.24) is 5.43 Å². The van der Waals surface area contributed by atoms with E-state index >= 15 is 0 Å². The SMILES string of the molecule is Clc1ccc(OCc2ccccc2)c(/C=N\NCc2ccccc2Cl)c1. The molecule has 0 amide bonds. The lowest BCUT2D eigenvalue weighted by atomic mass is 10.2. The third kappa shape index (κ3) is 5.25. The Kier molecular flexibility index (Phi) is 6.53. The molecule has 0 aliphatic carbocycles. The molecule has 3 nitrogen and oxygen atoms in total. The molecule has 3 aromatic carbocycles. The van der Waals surface area contributed by atoms with Crippen molar-refractivity contribution >= 4 is 29.4 Å². The van der Waals surface area contributed by atoms with Gasteiger partial charge in [-0.15, -0.1) is 0 Å². The fourth-order valence-corrected chi connectivity index (χ4v) is 2.76. The molecule has 5 heteroatoms. The molecule has 3 rings (SSSR count). The Morgan fingerprint density at radius 1 is 0.923 bits per heavy atom. The van der Waals surface area contributed by atoms with E-state index in [1.165, 1.54) is 0 Å². The van der Waals surface area contributed by atoms with Crippen LogP contribution in [0.4, 0.5) is 0 Å². The highest BCUT2D eigenvalue weighted by molar-refractivity contribution is 6.31. The van der Waals surface area contributed by atoms with Crippen molar-refractivity contribution in [1.29, 1.82) is 0 Å². The van der Waals surface area contributed by atoms with Crippen molar-refractivity contribution < 1.29 is 4.74 Å². The van der Waals surface area contributed by atoms with Gasteiger partial charge in [0.2, 0.25) is 0 Å². The molecule has 26 heavy (non-hydrogen) atoms. The Balaban J connectivity index is 1.64. The highest BCUT2D eigenvalue weighted by Crippen LogP contribution is 2.22. The van der Waals surface area contributed by atoms with Crippen molar-refractivity contribution in [3.8, 4) is 5.75 Å². The second-order valence-electron chi connectivity index (χ2n) is 5.64. The summed E-state index contributed by atoms with van der Waals surface area (Å²) in [4.78, 5) is 0. The molecule has 1 N–H and O–H groups in total. The summed E-state index contributed by atoms with van der Waals surface area (Å²) >= 11 is 12.2. The third-order valence-electron chi connectivity index (χ3n) is 3.73. The Hall–Kier alpha value is -2.49. The molecule has 0 fully saturated rings. The van der Waals surface area contributed by atoms with E-state index in [0.29, 0.717) is 23.2 Å². The van der Waals surface area contributed by atoms with E-state index in [0.717, 1.165) is 22.4 Å². The minimum absolute atomic E-state index is 0.483. The summed E-state index contributed by atoms with van der Waals surface area (Å²) in [5.41, 5.74) is 5.89. The third-order valence-corrected chi connectivity index (χ3v) is 4.34. The van der Waals surface area contributed by atoms with Gasteiger partial charge >= 0.3 is 0 Å². The maximum Gasteiger partial charge on any atom is 0.128 e. The summed E-state index contributed by atoms with van der Waals surface area (Å²) < 4.78 is 5.91. The second-order valence-corrected chi connectivity index (χ2v) is 6.48. The summed E-state index contributed by atoms with van der Waals surface area (Å²) in [6.45, 7) is 1.02. The van der Waals surface area contributed by atoms with Crippen LogP contribution in [0.3, 0.4) is 0 Å². The molecule has 0 unspecified atom stereocenters. The number of benzene rings is 3. The molecule has 0 heterocycles. The van der Waals surface area contributed by atoms with Crippen LogP contribution >= 0.6 is 23.2 Å². The van der Waals surface area contributed by atoms with Crippen LogP contribution in [0.25, 0.3) is 0 Å². The lowest BCUT2D eigenvalue weighted by molar-refractivity contribution is 0.306. The molecular formula is C21H18Cl2N2O. The number of hydrogen-bond donors (Lipinski definition) is 1. The van der Waals surface area contributed by atoms with E-state index in [1.54, 1.807) is 12.3 Å². The highest BCUT2D eigenvalue weighted by atomic mass is 35.5. The predicted molar refractivity (Wildman–Crippen MR) is 108 cm³/mol. The molecule has 132 valence electrons. The van der Waals surface area contributed by atoms with E-state index < -0.39 is 0 Å². The van der Waals surface area contributed by atoms with Crippen LogP contribution in [0.15, 0.2) is 77.9 Å². The van der Waals surface area contributed by atoms with Gasteiger partial charge in [0.25, 0.3) is 0 Å². The summed E-state index contributed by atoms with van der Waals surface area (Å²) in [6.07, 6.45) is 1.70. The smallest absolute Gasteiger partial charge is 0.128 e. The summed E-state index contributed by atoms with van der Waals surface area (Å²) in [5, 5.41) is 5.60. The zero-order valence-electron chi connectivity index (χ0n) is 14.0. The van der Waals surface area contributed by atoms with Crippen LogP contribution in [0.2, 0.25) is 10.0 Å². The van der Waals surface area contributed by atoms with Gasteiger partial charge in [-0.1, -0.05) is 71.7 Å². The first-order valence-corrected chi connectivity index (χ1v) is 8.93. The summed E-state index contributed by atoms with van der Waals surface area (Å²) in [7, 11) is 0. The maximum absolute atomic E-state index is 6.14. The molecule has 0 atom stereocenters. The van der Waals surface area contributed by atoms with Crippen LogP contribution in [0, 0.1) is 0 Å². The van der Waals surface area contributed by atoms with Crippen molar-refractivity contribution in [2.75, 3.05) is 0 Å². The van der Waals surface area contributed by atoms with E-state index in [9.17, 15) is 0 Å². The number of nitrogens with one attached hydrogen (secondary N) is 1. The van der Waals surface area contributed by atoms with E-state index in [4.69, 9.17) is 27.9 Å². The van der Waals surface area contributed by atoms with Crippen molar-refractivity contribution in [2.24, 2.45) is 5.10 Å². The van der Waals surface area contributed by atoms with E-state index in [1.807, 2.05) is 66.7 Å². The van der Waals surface area contributed by atoms with Crippen LogP contribution < -0.4 is 10.2 Å². The Morgan fingerprint density at radius 3 is 2.50 bits per heavy atom. The lowest BCUT2D eigenvalue weighted by Gasteiger charge is -2.10. The van der Waals surface area contributed by atoms with Gasteiger partial charge < -0.3 is 10.2 Å². The molecule has 0 aliphatic heterocycles. The summed E-state index contributed by atoms with van der Waals surface area (Å²) in [6, 6.07) is 23.1. The van der Waals surface area contributed by atoms with Gasteiger partial charge in [-0.05, 0) is 35.4 Å². The number of halogens is 2. The van der Waals surface area contributed by atoms with Gasteiger partial charge in [0, 0.05) is 15.6 Å². The fraction of sp³-hybridized carbons (Fsp3) is 0.0952. The number of ether oxygens (including phenoxy) is 1. The van der Waals surface area contributed by atoms with Crippen LogP contribution in [-0.4, -0.2) is 6.21 Å². The zero-order valence-corrected chi connectivity index (χ0v) is 15.5. The standard InChI is InChI=1S/C21H18Cl2N2O/c22-19-10-11-21(26-15-16-6-2-1-3-7-16)18(12-19)14-25-24-13-17-8-4-5-9-20(17)23/h1-12,14,24H,13,15H2/b25-14-. The molecule has 0 aliphatic rings. The van der Waals surface area contributed by atoms with Gasteiger partial charge in [0.15, 0.2) is 0 Å². The lowest BCUT2D eigenvalue weighted by Crippen LogP contribution is -2.06.